The summed E-state index contributed by atoms with van der Waals surface area (Å²) in [5, 5.41) is 14.2. The maximum absolute atomic E-state index is 11.7. The summed E-state index contributed by atoms with van der Waals surface area (Å²) in [5.74, 6) is -0.936. The average molecular weight is 316 g/mol. The van der Waals surface area contributed by atoms with Gasteiger partial charge in [0.2, 0.25) is 0 Å². The number of hydrogen-bond donors (Lipinski definition) is 2. The zero-order valence-electron chi connectivity index (χ0n) is 12.1. The summed E-state index contributed by atoms with van der Waals surface area (Å²) in [6.45, 7) is 5.60. The van der Waals surface area contributed by atoms with Crippen LogP contribution < -0.4 is 15.5 Å². The predicted molar refractivity (Wildman–Crippen MR) is 76.3 cm³/mol. The molecule has 0 aromatic carbocycles. The molecule has 1 aromatic rings. The Hall–Kier alpha value is -1.86. The molecule has 0 aliphatic carbocycles. The molecule has 8 heteroatoms. The molecule has 2 N–H and O–H groups in total. The lowest BCUT2D eigenvalue weighted by atomic mass is 9.98. The Bertz CT molecular complexity index is 529. The molecule has 0 saturated heterocycles. The lowest BCUT2D eigenvalue weighted by molar-refractivity contribution is -0.607. The van der Waals surface area contributed by atoms with Crippen molar-refractivity contribution in [1.29, 1.82) is 0 Å². The zero-order valence-corrected chi connectivity index (χ0v) is 12.9. The molecule has 21 heavy (non-hydrogen) atoms. The van der Waals surface area contributed by atoms with Crippen molar-refractivity contribution in [1.82, 2.24) is 10.8 Å². The van der Waals surface area contributed by atoms with Gasteiger partial charge in [-0.25, -0.2) is 4.79 Å². The van der Waals surface area contributed by atoms with Gasteiger partial charge in [0.05, 0.1) is 5.41 Å². The van der Waals surface area contributed by atoms with Crippen LogP contribution >= 0.6 is 11.6 Å². The van der Waals surface area contributed by atoms with Gasteiger partial charge >= 0.3 is 11.9 Å². The van der Waals surface area contributed by atoms with Crippen molar-refractivity contribution in [2.24, 2.45) is 5.41 Å². The van der Waals surface area contributed by atoms with E-state index in [0.29, 0.717) is 4.73 Å². The first-order chi connectivity index (χ1) is 9.71. The summed E-state index contributed by atoms with van der Waals surface area (Å²) in [6, 6.07) is 2.78. The SMILES string of the molecule is CC(C)(C)C(=O)ONCCNC(=O)c1ccc(Cl)c[n+]1[O-]. The van der Waals surface area contributed by atoms with Gasteiger partial charge in [0, 0.05) is 19.2 Å². The van der Waals surface area contributed by atoms with Crippen molar-refractivity contribution in [3.63, 3.8) is 0 Å². The van der Waals surface area contributed by atoms with E-state index in [1.54, 1.807) is 20.8 Å². The second-order valence-corrected chi connectivity index (χ2v) is 5.78. The molecule has 0 atom stereocenters. The summed E-state index contributed by atoms with van der Waals surface area (Å²) in [5.41, 5.74) is 1.78. The van der Waals surface area contributed by atoms with Gasteiger partial charge < -0.3 is 15.4 Å². The van der Waals surface area contributed by atoms with Crippen molar-refractivity contribution >= 4 is 23.5 Å². The molecule has 0 unspecified atom stereocenters. The van der Waals surface area contributed by atoms with Gasteiger partial charge in [-0.15, -0.1) is 0 Å². The molecule has 1 heterocycles. The highest BCUT2D eigenvalue weighted by molar-refractivity contribution is 6.30. The van der Waals surface area contributed by atoms with Gasteiger partial charge in [0.25, 0.3) is 5.69 Å². The number of aromatic nitrogens is 1. The summed E-state index contributed by atoms with van der Waals surface area (Å²) >= 11 is 5.62. The first-order valence-corrected chi connectivity index (χ1v) is 6.70. The number of hydrogen-bond acceptors (Lipinski definition) is 5. The third-order valence-corrected chi connectivity index (χ3v) is 2.62. The largest absolute Gasteiger partial charge is 0.618 e. The predicted octanol–water partition coefficient (Wildman–Crippen LogP) is 0.797. The van der Waals surface area contributed by atoms with E-state index in [-0.39, 0.29) is 23.8 Å². The monoisotopic (exact) mass is 315 g/mol. The summed E-state index contributed by atoms with van der Waals surface area (Å²) in [6.07, 6.45) is 1.10. The Morgan fingerprint density at radius 1 is 1.33 bits per heavy atom. The molecule has 7 nitrogen and oxygen atoms in total. The van der Waals surface area contributed by atoms with Crippen LogP contribution in [0.5, 0.6) is 0 Å². The first-order valence-electron chi connectivity index (χ1n) is 6.33. The Kier molecular flexibility index (Phi) is 5.92. The second-order valence-electron chi connectivity index (χ2n) is 5.35. The van der Waals surface area contributed by atoms with Crippen LogP contribution in [-0.4, -0.2) is 25.0 Å². The molecule has 0 aliphatic rings. The average Bonchev–Trinajstić information content (AvgIpc) is 2.36. The van der Waals surface area contributed by atoms with E-state index in [4.69, 9.17) is 16.4 Å². The van der Waals surface area contributed by atoms with Gasteiger partial charge in [-0.05, 0) is 26.8 Å². The Morgan fingerprint density at radius 3 is 2.57 bits per heavy atom. The van der Waals surface area contributed by atoms with Crippen molar-refractivity contribution in [3.8, 4) is 0 Å². The lowest BCUT2D eigenvalue weighted by Crippen LogP contribution is -2.41. The van der Waals surface area contributed by atoms with E-state index in [0.717, 1.165) is 6.20 Å². The standard InChI is InChI=1S/C13H18ClN3O4/c1-13(2,3)12(19)21-16-7-6-15-11(18)10-5-4-9(14)8-17(10)20/h4-5,8,16H,6-7H2,1-3H3,(H,15,18). The van der Waals surface area contributed by atoms with Crippen molar-refractivity contribution in [2.45, 2.75) is 20.8 Å². The Morgan fingerprint density at radius 2 is 2.00 bits per heavy atom. The maximum Gasteiger partial charge on any atom is 0.329 e. The fourth-order valence-corrected chi connectivity index (χ4v) is 1.37. The molecular formula is C13H18ClN3O4. The number of nitrogens with one attached hydrogen (secondary N) is 2. The minimum atomic E-state index is -0.604. The maximum atomic E-state index is 11.7. The summed E-state index contributed by atoms with van der Waals surface area (Å²) < 4.78 is 0.394. The molecule has 0 fully saturated rings. The van der Waals surface area contributed by atoms with Crippen LogP contribution in [0.3, 0.4) is 0 Å². The van der Waals surface area contributed by atoms with Gasteiger partial charge in [0.15, 0.2) is 6.20 Å². The van der Waals surface area contributed by atoms with E-state index < -0.39 is 17.3 Å². The number of nitrogens with zero attached hydrogens (tertiary/aromatic N) is 1. The third kappa shape index (κ3) is 5.57. The van der Waals surface area contributed by atoms with Crippen LogP contribution in [0.1, 0.15) is 31.3 Å². The van der Waals surface area contributed by atoms with Crippen LogP contribution in [0.4, 0.5) is 0 Å². The number of carbonyl (C=O) groups excluding carboxylic acids is 2. The van der Waals surface area contributed by atoms with Gasteiger partial charge in [-0.2, -0.15) is 10.2 Å². The molecule has 0 saturated carbocycles. The molecule has 1 aromatic heterocycles. The quantitative estimate of drug-likeness (QED) is 0.363. The number of amides is 1. The lowest BCUT2D eigenvalue weighted by Gasteiger charge is -2.16. The third-order valence-electron chi connectivity index (χ3n) is 2.40. The second kappa shape index (κ2) is 7.24. The van der Waals surface area contributed by atoms with Crippen molar-refractivity contribution in [2.75, 3.05) is 13.1 Å². The molecule has 0 spiro atoms. The van der Waals surface area contributed by atoms with Gasteiger partial charge in [-0.3, -0.25) is 4.79 Å². The number of halogens is 1. The minimum absolute atomic E-state index is 0.0638. The number of rotatable bonds is 5. The number of hydroxylamine groups is 1. The topological polar surface area (TPSA) is 94.4 Å². The number of pyridine rings is 1. The van der Waals surface area contributed by atoms with Crippen LogP contribution in [0.25, 0.3) is 0 Å². The summed E-state index contributed by atoms with van der Waals surface area (Å²) in [7, 11) is 0. The van der Waals surface area contributed by atoms with E-state index in [1.165, 1.54) is 12.1 Å². The van der Waals surface area contributed by atoms with Gasteiger partial charge in [-0.1, -0.05) is 11.6 Å². The number of carbonyl (C=O) groups is 2. The highest BCUT2D eigenvalue weighted by Gasteiger charge is 2.23. The Balaban J connectivity index is 2.33. The van der Waals surface area contributed by atoms with E-state index >= 15 is 0 Å². The Labute approximate surface area is 127 Å². The molecule has 0 aliphatic heterocycles. The van der Waals surface area contributed by atoms with E-state index in [9.17, 15) is 14.8 Å². The van der Waals surface area contributed by atoms with Crippen LogP contribution in [0, 0.1) is 10.6 Å². The zero-order chi connectivity index (χ0) is 16.0. The van der Waals surface area contributed by atoms with Crippen molar-refractivity contribution < 1.29 is 19.2 Å². The fraction of sp³-hybridized carbons (Fsp3) is 0.462. The molecule has 0 bridgehead atoms. The first kappa shape index (κ1) is 17.2. The normalized spacial score (nSPS) is 11.0. The smallest absolute Gasteiger partial charge is 0.329 e. The van der Waals surface area contributed by atoms with E-state index in [1.807, 2.05) is 0 Å². The molecular weight excluding hydrogens is 298 g/mol. The van der Waals surface area contributed by atoms with Gasteiger partial charge in [0.1, 0.15) is 5.02 Å². The summed E-state index contributed by atoms with van der Waals surface area (Å²) in [4.78, 5) is 28.0. The van der Waals surface area contributed by atoms with Crippen molar-refractivity contribution in [3.05, 3.63) is 34.3 Å². The van der Waals surface area contributed by atoms with Crippen LogP contribution in [0.15, 0.2) is 18.3 Å². The van der Waals surface area contributed by atoms with Crippen LogP contribution in [-0.2, 0) is 9.63 Å². The highest BCUT2D eigenvalue weighted by atomic mass is 35.5. The fourth-order valence-electron chi connectivity index (χ4n) is 1.22. The molecule has 0 radical (unpaired) electrons. The molecule has 1 rings (SSSR count). The molecule has 116 valence electrons. The minimum Gasteiger partial charge on any atom is -0.618 e. The highest BCUT2D eigenvalue weighted by Crippen LogP contribution is 2.13. The molecule has 1 amide bonds. The van der Waals surface area contributed by atoms with E-state index in [2.05, 4.69) is 10.8 Å². The van der Waals surface area contributed by atoms with Crippen LogP contribution in [0.2, 0.25) is 5.02 Å².